The van der Waals surface area contributed by atoms with Crippen LogP contribution >= 0.6 is 0 Å². The fourth-order valence-electron chi connectivity index (χ4n) is 1.64. The van der Waals surface area contributed by atoms with E-state index in [1.165, 1.54) is 6.20 Å². The van der Waals surface area contributed by atoms with E-state index in [9.17, 15) is 9.59 Å². The topological polar surface area (TPSA) is 71.1 Å². The van der Waals surface area contributed by atoms with E-state index in [1.54, 1.807) is 42.6 Å². The average molecular weight is 269 g/mol. The maximum absolute atomic E-state index is 11.7. The second-order valence-corrected chi connectivity index (χ2v) is 4.12. The van der Waals surface area contributed by atoms with Crippen LogP contribution in [0, 0.1) is 0 Å². The number of carbonyl (C=O) groups is 2. The molecule has 2 rings (SSSR count). The molecule has 0 spiro atoms. The number of rotatable bonds is 5. The van der Waals surface area contributed by atoms with Crippen molar-refractivity contribution in [3.8, 4) is 0 Å². The van der Waals surface area contributed by atoms with Crippen molar-refractivity contribution in [1.29, 1.82) is 0 Å². The van der Waals surface area contributed by atoms with Crippen LogP contribution in [0.4, 0.5) is 0 Å². The minimum absolute atomic E-state index is 0.152. The van der Waals surface area contributed by atoms with E-state index in [1.807, 2.05) is 6.07 Å². The molecule has 0 fully saturated rings. The maximum Gasteiger partial charge on any atom is 0.252 e. The second-order valence-electron chi connectivity index (χ2n) is 4.12. The first kappa shape index (κ1) is 13.7. The molecule has 0 atom stereocenters. The zero-order valence-electron chi connectivity index (χ0n) is 10.9. The minimum Gasteiger partial charge on any atom is -0.350 e. The van der Waals surface area contributed by atoms with Crippen LogP contribution in [0.3, 0.4) is 0 Å². The molecule has 2 N–H and O–H groups in total. The van der Waals surface area contributed by atoms with E-state index < -0.39 is 0 Å². The summed E-state index contributed by atoms with van der Waals surface area (Å²) in [5.74, 6) is -0.353. The molecular weight excluding hydrogens is 254 g/mol. The van der Waals surface area contributed by atoms with Gasteiger partial charge in [-0.2, -0.15) is 0 Å². The van der Waals surface area contributed by atoms with E-state index >= 15 is 0 Å². The lowest BCUT2D eigenvalue weighted by molar-refractivity contribution is 0.0927. The highest BCUT2D eigenvalue weighted by Gasteiger charge is 2.05. The third-order valence-electron chi connectivity index (χ3n) is 2.66. The Hall–Kier alpha value is -2.69. The summed E-state index contributed by atoms with van der Waals surface area (Å²) in [6.07, 6.45) is 3.11. The van der Waals surface area contributed by atoms with Crippen LogP contribution in [0.5, 0.6) is 0 Å². The van der Waals surface area contributed by atoms with Crippen molar-refractivity contribution in [2.75, 3.05) is 13.1 Å². The monoisotopic (exact) mass is 269 g/mol. The van der Waals surface area contributed by atoms with Gasteiger partial charge in [0, 0.05) is 31.0 Å². The lowest BCUT2D eigenvalue weighted by Crippen LogP contribution is -2.34. The number of pyridine rings is 1. The zero-order valence-corrected chi connectivity index (χ0v) is 10.9. The van der Waals surface area contributed by atoms with Gasteiger partial charge in [0.25, 0.3) is 11.8 Å². The summed E-state index contributed by atoms with van der Waals surface area (Å²) in [5, 5.41) is 5.45. The van der Waals surface area contributed by atoms with Gasteiger partial charge in [-0.3, -0.25) is 14.6 Å². The number of nitrogens with zero attached hydrogens (tertiary/aromatic N) is 1. The average Bonchev–Trinajstić information content (AvgIpc) is 2.53. The van der Waals surface area contributed by atoms with Crippen molar-refractivity contribution in [2.24, 2.45) is 0 Å². The number of hydrogen-bond acceptors (Lipinski definition) is 3. The van der Waals surface area contributed by atoms with Crippen molar-refractivity contribution in [1.82, 2.24) is 15.6 Å². The SMILES string of the molecule is O=C(NCCNC(=O)c1cccnc1)c1ccccc1. The third kappa shape index (κ3) is 3.91. The lowest BCUT2D eigenvalue weighted by Gasteiger charge is -2.07. The van der Waals surface area contributed by atoms with Crippen LogP contribution in [-0.4, -0.2) is 29.9 Å². The van der Waals surface area contributed by atoms with E-state index in [-0.39, 0.29) is 11.8 Å². The summed E-state index contributed by atoms with van der Waals surface area (Å²) in [4.78, 5) is 27.3. The van der Waals surface area contributed by atoms with Gasteiger partial charge in [-0.05, 0) is 24.3 Å². The summed E-state index contributed by atoms with van der Waals surface area (Å²) in [5.41, 5.74) is 1.10. The Morgan fingerprint density at radius 1 is 0.850 bits per heavy atom. The van der Waals surface area contributed by atoms with E-state index in [0.29, 0.717) is 24.2 Å². The fourth-order valence-corrected chi connectivity index (χ4v) is 1.64. The first-order valence-electron chi connectivity index (χ1n) is 6.29. The number of aromatic nitrogens is 1. The minimum atomic E-state index is -0.202. The van der Waals surface area contributed by atoms with Crippen LogP contribution < -0.4 is 10.6 Å². The number of nitrogens with one attached hydrogen (secondary N) is 2. The first-order chi connectivity index (χ1) is 9.77. The molecule has 1 aromatic carbocycles. The molecule has 0 saturated carbocycles. The summed E-state index contributed by atoms with van der Waals surface area (Å²) in [7, 11) is 0. The van der Waals surface area contributed by atoms with Crippen molar-refractivity contribution in [2.45, 2.75) is 0 Å². The van der Waals surface area contributed by atoms with Gasteiger partial charge in [-0.15, -0.1) is 0 Å². The highest BCUT2D eigenvalue weighted by Crippen LogP contribution is 1.97. The van der Waals surface area contributed by atoms with Gasteiger partial charge in [-0.1, -0.05) is 18.2 Å². The van der Waals surface area contributed by atoms with Crippen LogP contribution in [0.2, 0.25) is 0 Å². The quantitative estimate of drug-likeness (QED) is 0.802. The Bertz CT molecular complexity index is 517. The molecule has 0 bridgehead atoms. The molecule has 0 aliphatic rings. The van der Waals surface area contributed by atoms with Gasteiger partial charge < -0.3 is 10.6 Å². The molecule has 2 amide bonds. The number of benzene rings is 1. The summed E-state index contributed by atoms with van der Waals surface area (Å²) in [6, 6.07) is 12.3. The van der Waals surface area contributed by atoms with Gasteiger partial charge in [0.15, 0.2) is 0 Å². The van der Waals surface area contributed by atoms with Gasteiger partial charge in [0.1, 0.15) is 0 Å². The van der Waals surface area contributed by atoms with Crippen LogP contribution in [-0.2, 0) is 0 Å². The van der Waals surface area contributed by atoms with E-state index in [0.717, 1.165) is 0 Å². The van der Waals surface area contributed by atoms with Crippen molar-refractivity contribution < 1.29 is 9.59 Å². The highest BCUT2D eigenvalue weighted by atomic mass is 16.2. The Morgan fingerprint density at radius 2 is 1.45 bits per heavy atom. The molecule has 1 aromatic heterocycles. The Morgan fingerprint density at radius 3 is 2.05 bits per heavy atom. The van der Waals surface area contributed by atoms with Gasteiger partial charge in [-0.25, -0.2) is 0 Å². The Kier molecular flexibility index (Phi) is 4.83. The van der Waals surface area contributed by atoms with Crippen molar-refractivity contribution in [3.63, 3.8) is 0 Å². The van der Waals surface area contributed by atoms with Crippen molar-refractivity contribution >= 4 is 11.8 Å². The second kappa shape index (κ2) is 7.04. The largest absolute Gasteiger partial charge is 0.350 e. The molecule has 5 nitrogen and oxygen atoms in total. The smallest absolute Gasteiger partial charge is 0.252 e. The molecule has 0 aliphatic heterocycles. The lowest BCUT2D eigenvalue weighted by atomic mass is 10.2. The number of carbonyl (C=O) groups excluding carboxylic acids is 2. The van der Waals surface area contributed by atoms with Crippen LogP contribution in [0.1, 0.15) is 20.7 Å². The normalized spacial score (nSPS) is 9.80. The standard InChI is InChI=1S/C15H15N3O2/c19-14(12-5-2-1-3-6-12)17-9-10-18-15(20)13-7-4-8-16-11-13/h1-8,11H,9-10H2,(H,17,19)(H,18,20). The molecule has 1 heterocycles. The van der Waals surface area contributed by atoms with E-state index in [2.05, 4.69) is 15.6 Å². The predicted molar refractivity (Wildman–Crippen MR) is 75.3 cm³/mol. The van der Waals surface area contributed by atoms with Crippen molar-refractivity contribution in [3.05, 3.63) is 66.0 Å². The Labute approximate surface area is 117 Å². The molecule has 0 radical (unpaired) electrons. The fraction of sp³-hybridized carbons (Fsp3) is 0.133. The molecule has 2 aromatic rings. The van der Waals surface area contributed by atoms with Gasteiger partial charge in [0.05, 0.1) is 5.56 Å². The van der Waals surface area contributed by atoms with Gasteiger partial charge >= 0.3 is 0 Å². The molecule has 0 aliphatic carbocycles. The van der Waals surface area contributed by atoms with Crippen LogP contribution in [0.15, 0.2) is 54.9 Å². The summed E-state index contributed by atoms with van der Waals surface area (Å²) < 4.78 is 0. The number of amides is 2. The molecule has 0 saturated heterocycles. The van der Waals surface area contributed by atoms with E-state index in [4.69, 9.17) is 0 Å². The predicted octanol–water partition coefficient (Wildman–Crippen LogP) is 1.24. The maximum atomic E-state index is 11.7. The molecule has 0 unspecified atom stereocenters. The molecule has 102 valence electrons. The Balaban J connectivity index is 1.72. The molecule has 5 heteroatoms. The zero-order chi connectivity index (χ0) is 14.2. The van der Waals surface area contributed by atoms with Gasteiger partial charge in [0.2, 0.25) is 0 Å². The highest BCUT2D eigenvalue weighted by molar-refractivity contribution is 5.94. The molecular formula is C15H15N3O2. The summed E-state index contributed by atoms with van der Waals surface area (Å²) >= 11 is 0. The third-order valence-corrected chi connectivity index (χ3v) is 2.66. The summed E-state index contributed by atoms with van der Waals surface area (Å²) in [6.45, 7) is 0.742. The number of hydrogen-bond donors (Lipinski definition) is 2. The molecule has 20 heavy (non-hydrogen) atoms. The van der Waals surface area contributed by atoms with Crippen LogP contribution in [0.25, 0.3) is 0 Å². The first-order valence-corrected chi connectivity index (χ1v) is 6.29.